The molecule has 0 radical (unpaired) electrons. The van der Waals surface area contributed by atoms with Gasteiger partial charge >= 0.3 is 0 Å². The van der Waals surface area contributed by atoms with Crippen LogP contribution >= 0.6 is 0 Å². The van der Waals surface area contributed by atoms with Crippen LogP contribution in [0.25, 0.3) is 0 Å². The van der Waals surface area contributed by atoms with Crippen LogP contribution in [-0.4, -0.2) is 47.1 Å². The number of hydrogen-bond acceptors (Lipinski definition) is 5. The van der Waals surface area contributed by atoms with Crippen molar-refractivity contribution in [1.82, 2.24) is 14.7 Å². The van der Waals surface area contributed by atoms with Gasteiger partial charge in [-0.3, -0.25) is 9.59 Å². The summed E-state index contributed by atoms with van der Waals surface area (Å²) in [5.41, 5.74) is 3.36. The van der Waals surface area contributed by atoms with Crippen LogP contribution in [-0.2, 0) is 7.05 Å². The minimum Gasteiger partial charge on any atom is -0.379 e. The molecule has 1 aromatic carbocycles. The molecule has 132 valence electrons. The maximum Gasteiger partial charge on any atom is 0.271 e. The molecule has 2 atom stereocenters. The van der Waals surface area contributed by atoms with Gasteiger partial charge in [-0.15, -0.1) is 0 Å². The molecular formula is C19H24N4O2. The number of likely N-dealkylation sites (tertiary alicyclic amines) is 1. The van der Waals surface area contributed by atoms with E-state index in [4.69, 9.17) is 0 Å². The third-order valence-corrected chi connectivity index (χ3v) is 4.92. The maximum absolute atomic E-state index is 12.1. The minimum atomic E-state index is -0.0739. The maximum atomic E-state index is 12.1. The van der Waals surface area contributed by atoms with Crippen molar-refractivity contribution in [3.63, 3.8) is 0 Å². The SMILES string of the molecule is Cc1c(N[C@@H]2C[C@H](c3ccc(C=O)cc3)CN(C)C2)cnn(C)c1=O. The largest absolute Gasteiger partial charge is 0.379 e. The van der Waals surface area contributed by atoms with E-state index in [1.54, 1.807) is 13.2 Å². The second-order valence-electron chi connectivity index (χ2n) is 6.89. The fraction of sp³-hybridized carbons (Fsp3) is 0.421. The van der Waals surface area contributed by atoms with Crippen LogP contribution in [0.3, 0.4) is 0 Å². The Morgan fingerprint density at radius 1 is 1.20 bits per heavy atom. The highest BCUT2D eigenvalue weighted by molar-refractivity contribution is 5.74. The van der Waals surface area contributed by atoms with E-state index < -0.39 is 0 Å². The molecule has 6 nitrogen and oxygen atoms in total. The number of carbonyl (C=O) groups excluding carboxylic acids is 1. The third kappa shape index (κ3) is 3.79. The number of likely N-dealkylation sites (N-methyl/N-ethyl adjacent to an activating group) is 1. The zero-order valence-electron chi connectivity index (χ0n) is 14.9. The van der Waals surface area contributed by atoms with Crippen molar-refractivity contribution < 1.29 is 4.79 Å². The van der Waals surface area contributed by atoms with Gasteiger partial charge in [-0.2, -0.15) is 5.10 Å². The van der Waals surface area contributed by atoms with Crippen molar-refractivity contribution in [3.05, 3.63) is 57.5 Å². The van der Waals surface area contributed by atoms with Gasteiger partial charge in [0.2, 0.25) is 0 Å². The molecule has 6 heteroatoms. The standard InChI is InChI=1S/C19H24N4O2/c1-13-18(9-20-23(3)19(13)25)21-17-8-16(10-22(2)11-17)15-6-4-14(12-24)5-7-15/h4-7,9,12,16-17,21H,8,10-11H2,1-3H3/t16-,17+/m0/s1. The lowest BCUT2D eigenvalue weighted by Gasteiger charge is -2.37. The molecule has 25 heavy (non-hydrogen) atoms. The molecule has 1 aromatic heterocycles. The summed E-state index contributed by atoms with van der Waals surface area (Å²) < 4.78 is 1.35. The average molecular weight is 340 g/mol. The number of aryl methyl sites for hydroxylation is 1. The van der Waals surface area contributed by atoms with Crippen LogP contribution in [0.2, 0.25) is 0 Å². The Hall–Kier alpha value is -2.47. The monoisotopic (exact) mass is 340 g/mol. The molecule has 0 saturated carbocycles. The lowest BCUT2D eigenvalue weighted by molar-refractivity contribution is 0.112. The Bertz CT molecular complexity index is 813. The van der Waals surface area contributed by atoms with E-state index in [1.165, 1.54) is 10.2 Å². The van der Waals surface area contributed by atoms with E-state index >= 15 is 0 Å². The van der Waals surface area contributed by atoms with Crippen molar-refractivity contribution in [1.29, 1.82) is 0 Å². The predicted octanol–water partition coefficient (Wildman–Crippen LogP) is 1.80. The first-order valence-corrected chi connectivity index (χ1v) is 8.51. The molecule has 0 bridgehead atoms. The molecule has 0 aliphatic carbocycles. The number of hydrogen-bond donors (Lipinski definition) is 1. The molecule has 3 rings (SSSR count). The average Bonchev–Trinajstić information content (AvgIpc) is 2.62. The number of aromatic nitrogens is 2. The summed E-state index contributed by atoms with van der Waals surface area (Å²) in [6.45, 7) is 3.72. The van der Waals surface area contributed by atoms with E-state index in [0.29, 0.717) is 17.0 Å². The van der Waals surface area contributed by atoms with E-state index in [9.17, 15) is 9.59 Å². The van der Waals surface area contributed by atoms with Crippen LogP contribution in [0.4, 0.5) is 5.69 Å². The third-order valence-electron chi connectivity index (χ3n) is 4.92. The van der Waals surface area contributed by atoms with Crippen molar-refractivity contribution in [2.75, 3.05) is 25.5 Å². The lowest BCUT2D eigenvalue weighted by Crippen LogP contribution is -2.43. The molecule has 1 saturated heterocycles. The van der Waals surface area contributed by atoms with Gasteiger partial charge in [0.15, 0.2) is 0 Å². The highest BCUT2D eigenvalue weighted by Gasteiger charge is 2.27. The first-order valence-electron chi connectivity index (χ1n) is 8.51. The smallest absolute Gasteiger partial charge is 0.271 e. The van der Waals surface area contributed by atoms with Crippen LogP contribution < -0.4 is 10.9 Å². The number of piperidine rings is 1. The fourth-order valence-corrected chi connectivity index (χ4v) is 3.53. The minimum absolute atomic E-state index is 0.0739. The van der Waals surface area contributed by atoms with Crippen molar-refractivity contribution in [3.8, 4) is 0 Å². The number of carbonyl (C=O) groups is 1. The van der Waals surface area contributed by atoms with Gasteiger partial charge in [-0.05, 0) is 31.9 Å². The molecule has 1 aliphatic rings. The summed E-state index contributed by atoms with van der Waals surface area (Å²) in [7, 11) is 3.77. The summed E-state index contributed by atoms with van der Waals surface area (Å²) in [5.74, 6) is 0.386. The number of nitrogens with zero attached hydrogens (tertiary/aromatic N) is 3. The number of anilines is 1. The van der Waals surface area contributed by atoms with Gasteiger partial charge < -0.3 is 10.2 Å². The first kappa shape index (κ1) is 17.4. The second kappa shape index (κ2) is 7.19. The number of rotatable bonds is 4. The highest BCUT2D eigenvalue weighted by Crippen LogP contribution is 2.28. The zero-order chi connectivity index (χ0) is 18.0. The molecule has 1 N–H and O–H groups in total. The van der Waals surface area contributed by atoms with Gasteiger partial charge in [0, 0.05) is 37.3 Å². The summed E-state index contributed by atoms with van der Waals surface area (Å²) in [6.07, 6.45) is 3.56. The van der Waals surface area contributed by atoms with Gasteiger partial charge in [0.05, 0.1) is 11.9 Å². The lowest BCUT2D eigenvalue weighted by atomic mass is 9.88. The zero-order valence-corrected chi connectivity index (χ0v) is 14.9. The molecule has 2 heterocycles. The predicted molar refractivity (Wildman–Crippen MR) is 98.3 cm³/mol. The van der Waals surface area contributed by atoms with Crippen LogP contribution in [0.1, 0.15) is 33.8 Å². The first-order chi connectivity index (χ1) is 12.0. The Kier molecular flexibility index (Phi) is 4.99. The van der Waals surface area contributed by atoms with Gasteiger partial charge in [0.25, 0.3) is 5.56 Å². The Balaban J connectivity index is 1.77. The van der Waals surface area contributed by atoms with E-state index in [-0.39, 0.29) is 11.6 Å². The van der Waals surface area contributed by atoms with E-state index in [0.717, 1.165) is 31.5 Å². The Morgan fingerprint density at radius 3 is 2.60 bits per heavy atom. The normalized spacial score (nSPS) is 21.1. The molecule has 2 aromatic rings. The number of nitrogens with one attached hydrogen (secondary N) is 1. The highest BCUT2D eigenvalue weighted by atomic mass is 16.1. The topological polar surface area (TPSA) is 67.2 Å². The molecule has 1 fully saturated rings. The number of benzene rings is 1. The molecule has 0 amide bonds. The van der Waals surface area contributed by atoms with Crippen LogP contribution in [0.5, 0.6) is 0 Å². The van der Waals surface area contributed by atoms with Gasteiger partial charge in [-0.25, -0.2) is 4.68 Å². The summed E-state index contributed by atoms with van der Waals surface area (Å²) in [5, 5.41) is 7.61. The molecule has 0 unspecified atom stereocenters. The van der Waals surface area contributed by atoms with Crippen molar-refractivity contribution in [2.45, 2.75) is 25.3 Å². The molecule has 0 spiro atoms. The summed E-state index contributed by atoms with van der Waals surface area (Å²) in [6, 6.07) is 8.05. The summed E-state index contributed by atoms with van der Waals surface area (Å²) in [4.78, 5) is 25.2. The fourth-order valence-electron chi connectivity index (χ4n) is 3.53. The van der Waals surface area contributed by atoms with E-state index in [1.807, 2.05) is 31.2 Å². The number of aldehydes is 1. The van der Waals surface area contributed by atoms with Crippen molar-refractivity contribution in [2.24, 2.45) is 7.05 Å². The Labute approximate surface area is 147 Å². The van der Waals surface area contributed by atoms with Crippen LogP contribution in [0.15, 0.2) is 35.3 Å². The second-order valence-corrected chi connectivity index (χ2v) is 6.89. The van der Waals surface area contributed by atoms with Crippen LogP contribution in [0, 0.1) is 6.92 Å². The van der Waals surface area contributed by atoms with E-state index in [2.05, 4.69) is 22.4 Å². The molecule has 1 aliphatic heterocycles. The molecular weight excluding hydrogens is 316 g/mol. The quantitative estimate of drug-likeness (QED) is 0.860. The summed E-state index contributed by atoms with van der Waals surface area (Å²) >= 11 is 0. The van der Waals surface area contributed by atoms with Gasteiger partial charge in [0.1, 0.15) is 6.29 Å². The van der Waals surface area contributed by atoms with Crippen molar-refractivity contribution >= 4 is 12.0 Å². The Morgan fingerprint density at radius 2 is 1.92 bits per heavy atom. The van der Waals surface area contributed by atoms with Gasteiger partial charge in [-0.1, -0.05) is 24.3 Å².